The molecule has 33 atom stereocenters. The van der Waals surface area contributed by atoms with Crippen LogP contribution in [0.1, 0.15) is 67.3 Å². The number of nitrogen functional groups attached to an aromatic ring is 2. The molecule has 0 spiro atoms. The number of ether oxygens (including phenoxy) is 6. The third-order valence-electron chi connectivity index (χ3n) is 18.6. The van der Waals surface area contributed by atoms with E-state index in [0.717, 1.165) is 28.5 Å². The number of phosphoric ester groups is 2. The Bertz CT molecular complexity index is 4110. The Balaban J connectivity index is -0.000000426. The van der Waals surface area contributed by atoms with Crippen molar-refractivity contribution in [2.75, 3.05) is 77.8 Å². The van der Waals surface area contributed by atoms with Gasteiger partial charge in [-0.1, -0.05) is 28.7 Å². The predicted octanol–water partition coefficient (Wildman–Crippen LogP) is -38.7. The van der Waals surface area contributed by atoms with E-state index in [0.29, 0.717) is 0 Å². The van der Waals surface area contributed by atoms with Crippen LogP contribution >= 0.6 is 15.6 Å². The van der Waals surface area contributed by atoms with Crippen molar-refractivity contribution >= 4 is 82.4 Å². The number of aliphatic hydroxyl groups excluding tert-OH is 20. The summed E-state index contributed by atoms with van der Waals surface area (Å²) in [6, 6.07) is -3.46. The summed E-state index contributed by atoms with van der Waals surface area (Å²) in [5.41, 5.74) is 19.3. The Morgan fingerprint density at radius 3 is 1.17 bits per heavy atom. The van der Waals surface area contributed by atoms with E-state index in [4.69, 9.17) is 76.3 Å². The molecule has 0 radical (unpaired) electrons. The van der Waals surface area contributed by atoms with E-state index in [-0.39, 0.29) is 181 Å². The van der Waals surface area contributed by atoms with Crippen LogP contribution in [0.4, 0.5) is 11.6 Å². The molecule has 4 amide bonds. The summed E-state index contributed by atoms with van der Waals surface area (Å²) in [7, 11) is -10.2. The van der Waals surface area contributed by atoms with Crippen LogP contribution in [0.5, 0.6) is 0 Å². The summed E-state index contributed by atoms with van der Waals surface area (Å²) in [5.74, 6) is -20.1. The van der Waals surface area contributed by atoms with Crippen LogP contribution in [0.2, 0.25) is 0 Å². The standard InChI is InChI=1S/C22H34N5O17P.C20H32N5O16P.C12H22N2O9.C6H13NO5.C2H6.2CH2O.2CH4.5Na/c1-8(29)24-5-13(32)26-14-9(30)4-22(20(36)37,43-18(14)15(33)10(31)6-28)44-45(39,40)41-7-11-16(34)17(35)19(42-11)27-3-2-12(23)25-21(27)38;21-4-11(29)24-12-7(27)3-20(18(33)34,40-16(12)13(30)8(28)5-26)41-42(36,37)38-6-9-14(31)15(32)17(39-9)25-2-1-10(22)23-19(25)35;1-13-3-7(18)14-8-5(16)2-12(22,11(20)21)23-10(8)9(19)6(17)4-15;7-3-5(10)4(9)2(1-8)12-6(3)11;3*1-2;;;;;;;/h2-3,9-11,14-19,28,30-31,33-35H,4-7H2,1H3,(H,24,29)(H,26,32)(H,36,37)(H,39,40)(H2,23,25,38);1-2,7-9,12-17,26-28,30-32H,3-6,21H2,(H,24,29)(H,33,34)(H,36,37)(H2,22,23,35);5-6,8-10,13,15-17,19,22H,2-4H2,1H3,(H,14,18)(H,20,21);2-6,8-11H,1,7H2;1-2H3;2*1H2;2*1H4;;;;;/q;;;;;;;;;5*+1/p-5/t9?,10-,11?,14?,15-,16?,17?,18?,19?,22?;7?,8-,9?,12?,13-,14?,15?,16?,17?,20?;5?,6-,8?,9-,10?,12?;;;;;;;;;;;/m111.........../s1. The topological polar surface area (TPSA) is 1050 Å². The molecule has 34 N–H and O–H groups in total. The number of hydrogen-bond acceptors (Lipinski definition) is 56. The van der Waals surface area contributed by atoms with Gasteiger partial charge in [-0.25, -0.2) is 9.59 Å². The van der Waals surface area contributed by atoms with Gasteiger partial charge in [-0.3, -0.25) is 46.5 Å². The van der Waals surface area contributed by atoms with Gasteiger partial charge in [0.2, 0.25) is 41.0 Å². The SMILES string of the molecule is C.C.C=O.C=O.CC.CC(=O)NCC(=O)NC1C(O)CC(OP(=O)([O-])OCC2OC(n3ccc(N)nc3=O)C(O)C2O)(C(=O)[O-])OC1[C@H](O)[C@H](O)CO.CNCC(=O)NC1C(O)CC(O)(C(=O)[O-])OC1[C@H](O)[C@H](O)CO.NC1C(O)OC(CO)C(O)C1O.NCC(=O)NC1C(O)CC(OP(=O)([O-])OCC2OC(n3ccc(N)nc3=O)C(O)C2O)(C(=O)[O-])OC1[C@H](O)[C@H](O)CO.[Na+].[Na+].[Na+].[Na+].[Na+]. The van der Waals surface area contributed by atoms with Gasteiger partial charge in [0, 0.05) is 38.6 Å². The molecule has 0 aliphatic carbocycles. The Hall–Kier alpha value is -2.99. The number of phosphoric acid groups is 2. The zero-order chi connectivity index (χ0) is 98.5. The molecule has 0 saturated carbocycles. The fourth-order valence-electron chi connectivity index (χ4n) is 12.2. The summed E-state index contributed by atoms with van der Waals surface area (Å²) in [6.45, 7) is 1.83. The van der Waals surface area contributed by atoms with Crippen molar-refractivity contribution in [1.82, 2.24) is 45.7 Å². The van der Waals surface area contributed by atoms with Gasteiger partial charge < -0.3 is 243 Å². The minimum Gasteiger partial charge on any atom is -0.756 e. The molecule has 6 aliphatic rings. The van der Waals surface area contributed by atoms with Crippen LogP contribution in [-0.2, 0) is 98.8 Å². The van der Waals surface area contributed by atoms with Gasteiger partial charge in [0.25, 0.3) is 15.6 Å². The monoisotopic (exact) mass is 2050 g/mol. The molecule has 0 bridgehead atoms. The number of carboxylic acid groups (broad SMARTS) is 3. The third kappa shape index (κ3) is 40.2. The Morgan fingerprint density at radius 1 is 0.541 bits per heavy atom. The summed E-state index contributed by atoms with van der Waals surface area (Å²) in [6.07, 6.45) is -43.7. The van der Waals surface area contributed by atoms with Crippen LogP contribution in [0.3, 0.4) is 0 Å². The first-order chi connectivity index (χ1) is 59.7. The summed E-state index contributed by atoms with van der Waals surface area (Å²) < 4.78 is 76.0. The van der Waals surface area contributed by atoms with Gasteiger partial charge in [-0.2, -0.15) is 9.97 Å². The molecule has 0 aromatic carbocycles. The summed E-state index contributed by atoms with van der Waals surface area (Å²) in [5, 5.41) is 252. The minimum absolute atomic E-state index is 0. The maximum Gasteiger partial charge on any atom is 1.00 e. The van der Waals surface area contributed by atoms with Crippen molar-refractivity contribution in [2.45, 2.75) is 243 Å². The first kappa shape index (κ1) is 143. The minimum atomic E-state index is -5.88. The van der Waals surface area contributed by atoms with E-state index in [9.17, 15) is 169 Å². The summed E-state index contributed by atoms with van der Waals surface area (Å²) >= 11 is 0. The van der Waals surface area contributed by atoms with Crippen LogP contribution < -0.4 is 234 Å². The van der Waals surface area contributed by atoms with Crippen molar-refractivity contribution in [2.24, 2.45) is 11.5 Å². The van der Waals surface area contributed by atoms with Gasteiger partial charge in [0.05, 0.1) is 102 Å². The molecule has 62 nitrogen and oxygen atoms in total. The van der Waals surface area contributed by atoms with Gasteiger partial charge >= 0.3 is 159 Å². The molecular weight excluding hydrogens is 1940 g/mol. The van der Waals surface area contributed by atoms with Crippen LogP contribution in [0.15, 0.2) is 34.1 Å². The van der Waals surface area contributed by atoms with Crippen molar-refractivity contribution < 1.29 is 379 Å². The molecule has 2 aromatic heterocycles. The smallest absolute Gasteiger partial charge is 0.756 e. The Morgan fingerprint density at radius 2 is 0.867 bits per heavy atom. The normalized spacial score (nSPS) is 31.8. The van der Waals surface area contributed by atoms with E-state index < -0.39 is 329 Å². The van der Waals surface area contributed by atoms with Crippen LogP contribution in [-0.4, -0.2) is 424 Å². The van der Waals surface area contributed by atoms with Crippen molar-refractivity contribution in [3.63, 3.8) is 0 Å². The number of hydrogen-bond donors (Lipinski definition) is 30. The second-order valence-electron chi connectivity index (χ2n) is 27.5. The molecule has 135 heavy (non-hydrogen) atoms. The van der Waals surface area contributed by atoms with Crippen LogP contribution in [0, 0.1) is 0 Å². The van der Waals surface area contributed by atoms with Gasteiger partial charge in [0.1, 0.15) is 153 Å². The van der Waals surface area contributed by atoms with Gasteiger partial charge in [-0.15, -0.1) is 0 Å². The molecular formula is C66H114N13Na5O49P2. The molecule has 2 aromatic rings. The number of nitrogens with zero attached hydrogens (tertiary/aromatic N) is 4. The molecule has 6 fully saturated rings. The number of aromatic nitrogens is 4. The van der Waals surface area contributed by atoms with E-state index in [1.54, 1.807) is 0 Å². The summed E-state index contributed by atoms with van der Waals surface area (Å²) in [4.78, 5) is 155. The van der Waals surface area contributed by atoms with E-state index in [1.165, 1.54) is 19.2 Å². The number of amides is 4. The number of anilines is 2. The largest absolute Gasteiger partial charge is 1.00 e. The molecule has 8 heterocycles. The number of nitrogens with one attached hydrogen (secondary N) is 5. The first-order valence-electron chi connectivity index (χ1n) is 37.2. The predicted molar refractivity (Wildman–Crippen MR) is 411 cm³/mol. The van der Waals surface area contributed by atoms with E-state index >= 15 is 0 Å². The molecule has 6 saturated heterocycles. The number of aliphatic carboxylic acids is 3. The van der Waals surface area contributed by atoms with E-state index in [1.807, 2.05) is 27.4 Å². The van der Waals surface area contributed by atoms with Crippen LogP contribution in [0.25, 0.3) is 0 Å². The number of carbonyl (C=O) groups is 9. The maximum absolute atomic E-state index is 12.8. The number of nitrogens with two attached hydrogens (primary N) is 4. The zero-order valence-electron chi connectivity index (χ0n) is 72.7. The average molecular weight is 2050 g/mol. The van der Waals surface area contributed by atoms with Gasteiger partial charge in [-0.05, 0) is 19.2 Å². The quantitative estimate of drug-likeness (QED) is 0.0233. The molecule has 752 valence electrons. The molecule has 69 heteroatoms. The fraction of sp³-hybridized carbons (Fsp3) is 0.742. The molecule has 8 rings (SSSR count). The number of carboxylic acids is 3. The average Bonchev–Trinajstić information content (AvgIpc) is 1.61. The van der Waals surface area contributed by atoms with Crippen molar-refractivity contribution in [1.29, 1.82) is 0 Å². The number of likely N-dealkylation sites (N-methyl/N-ethyl adjacent to an activating group) is 1. The maximum atomic E-state index is 12.8. The Kier molecular flexibility index (Phi) is 69.9. The second-order valence-corrected chi connectivity index (χ2v) is 30.2. The van der Waals surface area contributed by atoms with Crippen molar-refractivity contribution in [3.05, 3.63) is 45.5 Å². The number of rotatable bonds is 33. The number of aliphatic hydroxyl groups is 21. The zero-order valence-corrected chi connectivity index (χ0v) is 84.5. The van der Waals surface area contributed by atoms with Crippen molar-refractivity contribution in [3.8, 4) is 0 Å². The van der Waals surface area contributed by atoms with E-state index in [2.05, 4.69) is 54.6 Å². The second kappa shape index (κ2) is 66.1. The number of carbonyl (C=O) groups excluding carboxylic acids is 9. The Labute approximate surface area is 877 Å². The fourth-order valence-corrected chi connectivity index (χ4v) is 14.1. The molecule has 27 unspecified atom stereocenters. The third-order valence-corrected chi connectivity index (χ3v) is 20.6. The first-order valence-corrected chi connectivity index (χ1v) is 40.1. The molecule has 6 aliphatic heterocycles. The van der Waals surface area contributed by atoms with Gasteiger partial charge in [0.15, 0.2) is 18.7 Å².